The first-order chi connectivity index (χ1) is 7.15. The molecule has 0 bridgehead atoms. The summed E-state index contributed by atoms with van der Waals surface area (Å²) in [4.78, 5) is 0. The van der Waals surface area contributed by atoms with Crippen LogP contribution in [0.1, 0.15) is 30.0 Å². The maximum Gasteiger partial charge on any atom is -0.00171 e. The quantitative estimate of drug-likeness (QED) is 0.740. The highest BCUT2D eigenvalue weighted by Gasteiger charge is 1.97. The smallest absolute Gasteiger partial charge is 0.00171 e. The number of nitrogens with one attached hydrogen (secondary N) is 1. The topological polar surface area (TPSA) is 12.0 Å². The Bertz CT molecular complexity index is 350. The summed E-state index contributed by atoms with van der Waals surface area (Å²) >= 11 is 0. The van der Waals surface area contributed by atoms with Gasteiger partial charge in [-0.3, -0.25) is 0 Å². The van der Waals surface area contributed by atoms with Gasteiger partial charge in [-0.15, -0.1) is 0 Å². The predicted molar refractivity (Wildman–Crippen MR) is 68.1 cm³/mol. The van der Waals surface area contributed by atoms with Crippen LogP contribution in [-0.2, 0) is 0 Å². The zero-order chi connectivity index (χ0) is 11.3. The van der Waals surface area contributed by atoms with Crippen molar-refractivity contribution >= 4 is 5.57 Å². The van der Waals surface area contributed by atoms with Crippen molar-refractivity contribution in [3.63, 3.8) is 0 Å². The molecule has 0 heterocycles. The molecule has 0 aliphatic rings. The van der Waals surface area contributed by atoms with Crippen molar-refractivity contribution in [1.29, 1.82) is 0 Å². The summed E-state index contributed by atoms with van der Waals surface area (Å²) in [5.74, 6) is 0. The number of benzene rings is 1. The van der Waals surface area contributed by atoms with Crippen molar-refractivity contribution < 1.29 is 0 Å². The van der Waals surface area contributed by atoms with Crippen LogP contribution in [0.15, 0.2) is 24.3 Å². The Balaban J connectivity index is 2.77. The molecule has 0 aliphatic carbocycles. The highest BCUT2D eigenvalue weighted by molar-refractivity contribution is 5.64. The molecule has 82 valence electrons. The van der Waals surface area contributed by atoms with Gasteiger partial charge in [0.05, 0.1) is 0 Å². The summed E-state index contributed by atoms with van der Waals surface area (Å²) in [5.41, 5.74) is 5.44. The Hall–Kier alpha value is -1.08. The average Bonchev–Trinajstić information content (AvgIpc) is 2.22. The molecule has 0 radical (unpaired) electrons. The highest BCUT2D eigenvalue weighted by atomic mass is 14.8. The van der Waals surface area contributed by atoms with Gasteiger partial charge in [-0.1, -0.05) is 24.3 Å². The fourth-order valence-electron chi connectivity index (χ4n) is 1.54. The van der Waals surface area contributed by atoms with Gasteiger partial charge in [-0.05, 0) is 63.0 Å². The molecule has 1 heteroatoms. The van der Waals surface area contributed by atoms with E-state index in [2.05, 4.69) is 50.4 Å². The second-order valence-electron chi connectivity index (χ2n) is 4.08. The first-order valence-electron chi connectivity index (χ1n) is 5.54. The first-order valence-corrected chi connectivity index (χ1v) is 5.54. The molecule has 0 aliphatic heterocycles. The van der Waals surface area contributed by atoms with Crippen LogP contribution < -0.4 is 5.32 Å². The molecular formula is C14H21N. The van der Waals surface area contributed by atoms with E-state index in [-0.39, 0.29) is 0 Å². The van der Waals surface area contributed by atoms with Gasteiger partial charge in [0.1, 0.15) is 0 Å². The van der Waals surface area contributed by atoms with Crippen molar-refractivity contribution in [3.05, 3.63) is 41.0 Å². The molecule has 1 aromatic carbocycles. The van der Waals surface area contributed by atoms with E-state index < -0.39 is 0 Å². The van der Waals surface area contributed by atoms with E-state index in [0.29, 0.717) is 0 Å². The van der Waals surface area contributed by atoms with Crippen LogP contribution in [0, 0.1) is 13.8 Å². The molecule has 1 rings (SSSR count). The maximum absolute atomic E-state index is 3.15. The van der Waals surface area contributed by atoms with E-state index in [1.165, 1.54) is 22.3 Å². The summed E-state index contributed by atoms with van der Waals surface area (Å²) in [6.07, 6.45) is 3.38. The second-order valence-corrected chi connectivity index (χ2v) is 4.08. The number of hydrogen-bond acceptors (Lipinski definition) is 1. The van der Waals surface area contributed by atoms with E-state index in [0.717, 1.165) is 13.0 Å². The van der Waals surface area contributed by atoms with Gasteiger partial charge >= 0.3 is 0 Å². The molecule has 0 atom stereocenters. The van der Waals surface area contributed by atoms with Crippen molar-refractivity contribution in [2.75, 3.05) is 13.6 Å². The lowest BCUT2D eigenvalue weighted by atomic mass is 10.0. The van der Waals surface area contributed by atoms with Gasteiger partial charge in [0.25, 0.3) is 0 Å². The molecule has 0 amide bonds. The second kappa shape index (κ2) is 5.72. The van der Waals surface area contributed by atoms with Crippen molar-refractivity contribution in [2.45, 2.75) is 27.2 Å². The third-order valence-corrected chi connectivity index (χ3v) is 2.81. The molecule has 1 N–H and O–H groups in total. The lowest BCUT2D eigenvalue weighted by Gasteiger charge is -2.05. The zero-order valence-electron chi connectivity index (χ0n) is 10.2. The fraction of sp³-hybridized carbons (Fsp3) is 0.429. The number of rotatable bonds is 4. The van der Waals surface area contributed by atoms with Gasteiger partial charge in [-0.2, -0.15) is 0 Å². The minimum absolute atomic E-state index is 1.04. The monoisotopic (exact) mass is 203 g/mol. The van der Waals surface area contributed by atoms with Crippen LogP contribution >= 0.6 is 0 Å². The van der Waals surface area contributed by atoms with Crippen molar-refractivity contribution in [1.82, 2.24) is 5.32 Å². The van der Waals surface area contributed by atoms with Crippen LogP contribution in [-0.4, -0.2) is 13.6 Å². The summed E-state index contributed by atoms with van der Waals surface area (Å²) in [7, 11) is 1.99. The highest BCUT2D eigenvalue weighted by Crippen LogP contribution is 2.17. The molecule has 0 fully saturated rings. The summed E-state index contributed by atoms with van der Waals surface area (Å²) in [6, 6.07) is 6.66. The molecule has 0 saturated carbocycles. The largest absolute Gasteiger partial charge is 0.319 e. The number of hydrogen-bond donors (Lipinski definition) is 1. The molecule has 0 spiro atoms. The molecule has 0 unspecified atom stereocenters. The van der Waals surface area contributed by atoms with E-state index in [1.807, 2.05) is 7.05 Å². The van der Waals surface area contributed by atoms with Gasteiger partial charge in [0, 0.05) is 0 Å². The number of aryl methyl sites for hydroxylation is 2. The molecule has 0 aromatic heterocycles. The van der Waals surface area contributed by atoms with E-state index in [1.54, 1.807) is 0 Å². The minimum Gasteiger partial charge on any atom is -0.319 e. The van der Waals surface area contributed by atoms with Gasteiger partial charge < -0.3 is 5.32 Å². The minimum atomic E-state index is 1.04. The normalized spacial score (nSPS) is 11.9. The molecule has 0 saturated heterocycles. The molecule has 1 aromatic rings. The Morgan fingerprint density at radius 2 is 2.00 bits per heavy atom. The lowest BCUT2D eigenvalue weighted by molar-refractivity contribution is 0.808. The summed E-state index contributed by atoms with van der Waals surface area (Å²) < 4.78 is 0. The Morgan fingerprint density at radius 3 is 2.60 bits per heavy atom. The van der Waals surface area contributed by atoms with Gasteiger partial charge in [0.15, 0.2) is 0 Å². The fourth-order valence-corrected chi connectivity index (χ4v) is 1.54. The van der Waals surface area contributed by atoms with E-state index in [9.17, 15) is 0 Å². The molecule has 15 heavy (non-hydrogen) atoms. The third-order valence-electron chi connectivity index (χ3n) is 2.81. The van der Waals surface area contributed by atoms with Gasteiger partial charge in [0.2, 0.25) is 0 Å². The van der Waals surface area contributed by atoms with Crippen LogP contribution in [0.25, 0.3) is 5.57 Å². The standard InChI is InChI=1S/C14H21N/c1-11-7-8-14(10-13(11)3)12(2)6-5-9-15-4/h6-8,10,15H,5,9H2,1-4H3. The van der Waals surface area contributed by atoms with Crippen molar-refractivity contribution in [2.24, 2.45) is 0 Å². The molecule has 1 nitrogen and oxygen atoms in total. The van der Waals surface area contributed by atoms with Crippen LogP contribution in [0.4, 0.5) is 0 Å². The third kappa shape index (κ3) is 3.52. The Morgan fingerprint density at radius 1 is 1.27 bits per heavy atom. The zero-order valence-corrected chi connectivity index (χ0v) is 10.2. The first kappa shape index (κ1) is 12.0. The van der Waals surface area contributed by atoms with Crippen molar-refractivity contribution in [3.8, 4) is 0 Å². The van der Waals surface area contributed by atoms with Crippen LogP contribution in [0.3, 0.4) is 0 Å². The summed E-state index contributed by atoms with van der Waals surface area (Å²) in [6.45, 7) is 7.54. The predicted octanol–water partition coefficient (Wildman–Crippen LogP) is 3.32. The maximum atomic E-state index is 3.15. The van der Waals surface area contributed by atoms with E-state index in [4.69, 9.17) is 0 Å². The number of allylic oxidation sites excluding steroid dienone is 1. The Kier molecular flexibility index (Phi) is 4.57. The summed E-state index contributed by atoms with van der Waals surface area (Å²) in [5, 5.41) is 3.15. The van der Waals surface area contributed by atoms with Crippen LogP contribution in [0.2, 0.25) is 0 Å². The SMILES string of the molecule is CNCCC=C(C)c1ccc(C)c(C)c1. The lowest BCUT2D eigenvalue weighted by Crippen LogP contribution is -2.05. The van der Waals surface area contributed by atoms with E-state index >= 15 is 0 Å². The average molecular weight is 203 g/mol. The Labute approximate surface area is 93.2 Å². The molecular weight excluding hydrogens is 182 g/mol. The van der Waals surface area contributed by atoms with Crippen LogP contribution in [0.5, 0.6) is 0 Å². The van der Waals surface area contributed by atoms with Gasteiger partial charge in [-0.25, -0.2) is 0 Å².